The highest BCUT2D eigenvalue weighted by Crippen LogP contribution is 2.16. The van der Waals surface area contributed by atoms with Crippen molar-refractivity contribution in [1.29, 1.82) is 0 Å². The van der Waals surface area contributed by atoms with Crippen molar-refractivity contribution in [3.05, 3.63) is 42.2 Å². The van der Waals surface area contributed by atoms with Crippen molar-refractivity contribution in [2.75, 3.05) is 43.1 Å². The Bertz CT molecular complexity index is 746. The predicted molar refractivity (Wildman–Crippen MR) is 102 cm³/mol. The van der Waals surface area contributed by atoms with Gasteiger partial charge < -0.3 is 20.9 Å². The second-order valence-corrected chi connectivity index (χ2v) is 6.10. The van der Waals surface area contributed by atoms with Gasteiger partial charge in [0.1, 0.15) is 0 Å². The maximum Gasteiger partial charge on any atom is 0.258 e. The lowest BCUT2D eigenvalue weighted by atomic mass is 10.2. The van der Waals surface area contributed by atoms with Crippen LogP contribution in [-0.2, 0) is 4.79 Å². The number of carbonyl (C=O) groups excluding carboxylic acids is 2. The molecule has 0 aliphatic carbocycles. The molecule has 1 aromatic carbocycles. The molecule has 0 spiro atoms. The van der Waals surface area contributed by atoms with Crippen LogP contribution in [0.4, 0.5) is 17.3 Å². The summed E-state index contributed by atoms with van der Waals surface area (Å²) in [6.45, 7) is 3.17. The third-order valence-corrected chi connectivity index (χ3v) is 3.42. The van der Waals surface area contributed by atoms with Crippen LogP contribution in [0.15, 0.2) is 36.7 Å². The smallest absolute Gasteiger partial charge is 0.258 e. The number of hydrogen-bond donors (Lipinski definition) is 3. The largest absolute Gasteiger partial charge is 0.354 e. The fourth-order valence-electron chi connectivity index (χ4n) is 2.21. The van der Waals surface area contributed by atoms with Crippen LogP contribution in [0.5, 0.6) is 0 Å². The summed E-state index contributed by atoms with van der Waals surface area (Å²) in [5.74, 6) is 0.00708. The molecular formula is C18H24N6O2. The summed E-state index contributed by atoms with van der Waals surface area (Å²) in [5, 5.41) is 8.55. The van der Waals surface area contributed by atoms with Crippen LogP contribution in [0.1, 0.15) is 23.7 Å². The van der Waals surface area contributed by atoms with Crippen molar-refractivity contribution in [3.8, 4) is 0 Å². The molecule has 26 heavy (non-hydrogen) atoms. The monoisotopic (exact) mass is 356 g/mol. The van der Waals surface area contributed by atoms with E-state index in [1.165, 1.54) is 19.3 Å². The highest BCUT2D eigenvalue weighted by atomic mass is 16.2. The standard InChI is InChI=1S/C18H24N6O2/c1-13(25)22-15-6-4-7-16(10-15)23-17(26)14-11-20-18(21-12-14)19-8-5-9-24(2)3/h4,6-7,10-12H,5,8-9H2,1-3H3,(H,22,25)(H,23,26)(H,19,20,21). The van der Waals surface area contributed by atoms with Gasteiger partial charge in [-0.25, -0.2) is 9.97 Å². The lowest BCUT2D eigenvalue weighted by molar-refractivity contribution is -0.114. The first-order valence-electron chi connectivity index (χ1n) is 8.33. The Kier molecular flexibility index (Phi) is 7.04. The first kappa shape index (κ1) is 19.3. The summed E-state index contributed by atoms with van der Waals surface area (Å²) in [5.41, 5.74) is 1.55. The Morgan fingerprint density at radius 2 is 1.73 bits per heavy atom. The minimum Gasteiger partial charge on any atom is -0.354 e. The molecule has 0 saturated heterocycles. The van der Waals surface area contributed by atoms with Gasteiger partial charge >= 0.3 is 0 Å². The number of nitrogens with zero attached hydrogens (tertiary/aromatic N) is 3. The molecular weight excluding hydrogens is 332 g/mol. The Hall–Kier alpha value is -3.00. The first-order chi connectivity index (χ1) is 12.4. The average Bonchev–Trinajstić information content (AvgIpc) is 2.59. The Morgan fingerprint density at radius 1 is 1.08 bits per heavy atom. The first-order valence-corrected chi connectivity index (χ1v) is 8.33. The van der Waals surface area contributed by atoms with Gasteiger partial charge in [0.15, 0.2) is 0 Å². The molecule has 0 saturated carbocycles. The van der Waals surface area contributed by atoms with Crippen LogP contribution < -0.4 is 16.0 Å². The molecule has 2 rings (SSSR count). The normalized spacial score (nSPS) is 10.5. The zero-order valence-electron chi connectivity index (χ0n) is 15.2. The molecule has 2 amide bonds. The summed E-state index contributed by atoms with van der Waals surface area (Å²) in [6.07, 6.45) is 3.94. The zero-order valence-corrected chi connectivity index (χ0v) is 15.2. The number of benzene rings is 1. The number of anilines is 3. The van der Waals surface area contributed by atoms with Gasteiger partial charge in [0.2, 0.25) is 11.9 Å². The summed E-state index contributed by atoms with van der Waals surface area (Å²) < 4.78 is 0. The minimum absolute atomic E-state index is 0.171. The lowest BCUT2D eigenvalue weighted by Gasteiger charge is -2.10. The fraction of sp³-hybridized carbons (Fsp3) is 0.333. The molecule has 0 fully saturated rings. The van der Waals surface area contributed by atoms with Crippen LogP contribution >= 0.6 is 0 Å². The lowest BCUT2D eigenvalue weighted by Crippen LogP contribution is -2.17. The fourth-order valence-corrected chi connectivity index (χ4v) is 2.21. The van der Waals surface area contributed by atoms with E-state index in [4.69, 9.17) is 0 Å². The van der Waals surface area contributed by atoms with E-state index >= 15 is 0 Å². The van der Waals surface area contributed by atoms with Gasteiger partial charge in [-0.05, 0) is 45.3 Å². The quantitative estimate of drug-likeness (QED) is 0.626. The highest BCUT2D eigenvalue weighted by molar-refractivity contribution is 6.04. The Morgan fingerprint density at radius 3 is 2.35 bits per heavy atom. The maximum absolute atomic E-state index is 12.3. The molecule has 0 atom stereocenters. The zero-order chi connectivity index (χ0) is 18.9. The second kappa shape index (κ2) is 9.47. The number of hydrogen-bond acceptors (Lipinski definition) is 6. The molecule has 1 aromatic heterocycles. The maximum atomic E-state index is 12.3. The van der Waals surface area contributed by atoms with Crippen molar-refractivity contribution in [2.24, 2.45) is 0 Å². The molecule has 0 radical (unpaired) electrons. The Balaban J connectivity index is 1.90. The van der Waals surface area contributed by atoms with E-state index in [1.807, 2.05) is 14.1 Å². The van der Waals surface area contributed by atoms with Gasteiger partial charge in [-0.2, -0.15) is 0 Å². The van der Waals surface area contributed by atoms with Crippen LogP contribution in [0.25, 0.3) is 0 Å². The van der Waals surface area contributed by atoms with Gasteiger partial charge in [-0.1, -0.05) is 6.07 Å². The molecule has 138 valence electrons. The van der Waals surface area contributed by atoms with E-state index < -0.39 is 0 Å². The van der Waals surface area contributed by atoms with Crippen molar-refractivity contribution in [1.82, 2.24) is 14.9 Å². The summed E-state index contributed by atoms with van der Waals surface area (Å²) in [7, 11) is 4.05. The predicted octanol–water partition coefficient (Wildman–Crippen LogP) is 2.05. The van der Waals surface area contributed by atoms with E-state index in [0.717, 1.165) is 19.5 Å². The molecule has 0 unspecified atom stereocenters. The van der Waals surface area contributed by atoms with Crippen molar-refractivity contribution in [3.63, 3.8) is 0 Å². The molecule has 3 N–H and O–H groups in total. The molecule has 1 heterocycles. The van der Waals surface area contributed by atoms with Crippen molar-refractivity contribution >= 4 is 29.1 Å². The topological polar surface area (TPSA) is 99.2 Å². The van der Waals surface area contributed by atoms with Gasteiger partial charge in [-0.15, -0.1) is 0 Å². The SMILES string of the molecule is CC(=O)Nc1cccc(NC(=O)c2cnc(NCCCN(C)C)nc2)c1. The molecule has 2 aromatic rings. The highest BCUT2D eigenvalue weighted by Gasteiger charge is 2.08. The van der Waals surface area contributed by atoms with Gasteiger partial charge in [-0.3, -0.25) is 9.59 Å². The molecule has 0 bridgehead atoms. The van der Waals surface area contributed by atoms with Crippen LogP contribution in [0.3, 0.4) is 0 Å². The van der Waals surface area contributed by atoms with Crippen molar-refractivity contribution < 1.29 is 9.59 Å². The second-order valence-electron chi connectivity index (χ2n) is 6.10. The third kappa shape index (κ3) is 6.48. The van der Waals surface area contributed by atoms with Crippen LogP contribution in [-0.4, -0.2) is 53.9 Å². The Labute approximate surface area is 153 Å². The van der Waals surface area contributed by atoms with Crippen LogP contribution in [0.2, 0.25) is 0 Å². The van der Waals surface area contributed by atoms with Gasteiger partial charge in [0.25, 0.3) is 5.91 Å². The van der Waals surface area contributed by atoms with Gasteiger partial charge in [0.05, 0.1) is 5.56 Å². The summed E-state index contributed by atoms with van der Waals surface area (Å²) in [6, 6.07) is 6.92. The number of carbonyl (C=O) groups is 2. The molecule has 8 nitrogen and oxygen atoms in total. The number of amides is 2. The summed E-state index contributed by atoms with van der Waals surface area (Å²) >= 11 is 0. The minimum atomic E-state index is -0.316. The number of aromatic nitrogens is 2. The molecule has 0 aliphatic rings. The van der Waals surface area contributed by atoms with E-state index in [1.54, 1.807) is 24.3 Å². The average molecular weight is 356 g/mol. The summed E-state index contributed by atoms with van der Waals surface area (Å²) in [4.78, 5) is 33.8. The van der Waals surface area contributed by atoms with E-state index in [2.05, 4.69) is 30.8 Å². The van der Waals surface area contributed by atoms with Crippen LogP contribution in [0, 0.1) is 0 Å². The van der Waals surface area contributed by atoms with E-state index in [0.29, 0.717) is 22.9 Å². The van der Waals surface area contributed by atoms with E-state index in [9.17, 15) is 9.59 Å². The number of rotatable bonds is 8. The van der Waals surface area contributed by atoms with Crippen molar-refractivity contribution in [2.45, 2.75) is 13.3 Å². The molecule has 0 aliphatic heterocycles. The third-order valence-electron chi connectivity index (χ3n) is 3.42. The van der Waals surface area contributed by atoms with Gasteiger partial charge in [0, 0.05) is 37.2 Å². The van der Waals surface area contributed by atoms with E-state index in [-0.39, 0.29) is 11.8 Å². The molecule has 8 heteroatoms. The number of nitrogens with one attached hydrogen (secondary N) is 3.